The van der Waals surface area contributed by atoms with Crippen molar-refractivity contribution in [1.29, 1.82) is 0 Å². The van der Waals surface area contributed by atoms with E-state index in [0.29, 0.717) is 17.6 Å². The van der Waals surface area contributed by atoms with Gasteiger partial charge in [0.1, 0.15) is 0 Å². The van der Waals surface area contributed by atoms with Crippen LogP contribution in [0.2, 0.25) is 0 Å². The van der Waals surface area contributed by atoms with Gasteiger partial charge in [0, 0.05) is 29.1 Å². The van der Waals surface area contributed by atoms with E-state index in [1.54, 1.807) is 12.1 Å². The number of pyridine rings is 1. The summed E-state index contributed by atoms with van der Waals surface area (Å²) in [6.45, 7) is 3.99. The van der Waals surface area contributed by atoms with Crippen LogP contribution in [0.25, 0.3) is 10.9 Å². The number of nitrogens with two attached hydrogens (primary N) is 1. The highest BCUT2D eigenvalue weighted by Gasteiger charge is 2.15. The molecule has 1 aromatic carbocycles. The van der Waals surface area contributed by atoms with E-state index in [1.165, 1.54) is 6.07 Å². The van der Waals surface area contributed by atoms with Gasteiger partial charge in [-0.25, -0.2) is 0 Å². The lowest BCUT2D eigenvalue weighted by Crippen LogP contribution is -2.45. The Bertz CT molecular complexity index is 668. The van der Waals surface area contributed by atoms with Gasteiger partial charge in [-0.2, -0.15) is 0 Å². The molecule has 1 aromatic heterocycles. The van der Waals surface area contributed by atoms with E-state index in [2.05, 4.69) is 10.3 Å². The molecule has 0 aliphatic carbocycles. The molecule has 1 amide bonds. The van der Waals surface area contributed by atoms with Crippen molar-refractivity contribution >= 4 is 16.8 Å². The third-order valence-electron chi connectivity index (χ3n) is 2.70. The molecule has 0 bridgehead atoms. The lowest BCUT2D eigenvalue weighted by Gasteiger charge is -2.19. The number of hydrogen-bond donors (Lipinski definition) is 3. The highest BCUT2D eigenvalue weighted by atomic mass is 16.2. The zero-order chi connectivity index (χ0) is 14.0. The van der Waals surface area contributed by atoms with E-state index in [4.69, 9.17) is 5.73 Å². The van der Waals surface area contributed by atoms with Crippen molar-refractivity contribution in [1.82, 2.24) is 10.3 Å². The number of nitrogens with one attached hydrogen (secondary N) is 2. The maximum Gasteiger partial charge on any atom is 0.252 e. The minimum Gasteiger partial charge on any atom is -0.350 e. The van der Waals surface area contributed by atoms with Gasteiger partial charge in [0.15, 0.2) is 0 Å². The molecule has 5 heteroatoms. The summed E-state index contributed by atoms with van der Waals surface area (Å²) in [6.07, 6.45) is 0. The third kappa shape index (κ3) is 3.20. The number of carbonyl (C=O) groups excluding carboxylic acids is 1. The maximum absolute atomic E-state index is 12.1. The standard InChI is InChI=1S/C14H17N3O2/c1-14(2,15)8-16-13(19)10-7-12(18)17-11-6-4-3-5-9(10)11/h3-7H,8,15H2,1-2H3,(H,16,19)(H,17,18). The Kier molecular flexibility index (Phi) is 3.40. The van der Waals surface area contributed by atoms with Crippen LogP contribution in [-0.2, 0) is 0 Å². The number of para-hydroxylation sites is 1. The monoisotopic (exact) mass is 259 g/mol. The summed E-state index contributed by atoms with van der Waals surface area (Å²) in [7, 11) is 0. The first-order valence-corrected chi connectivity index (χ1v) is 6.06. The van der Waals surface area contributed by atoms with Crippen LogP contribution >= 0.6 is 0 Å². The zero-order valence-electron chi connectivity index (χ0n) is 11.0. The minimum absolute atomic E-state index is 0.291. The number of aromatic amines is 1. The number of H-pyrrole nitrogens is 1. The molecule has 0 atom stereocenters. The van der Waals surface area contributed by atoms with Crippen molar-refractivity contribution < 1.29 is 4.79 Å². The molecule has 0 spiro atoms. The van der Waals surface area contributed by atoms with Crippen molar-refractivity contribution in [2.75, 3.05) is 6.54 Å². The van der Waals surface area contributed by atoms with Gasteiger partial charge >= 0.3 is 0 Å². The van der Waals surface area contributed by atoms with E-state index in [0.717, 1.165) is 5.39 Å². The van der Waals surface area contributed by atoms with E-state index in [9.17, 15) is 9.59 Å². The molecule has 0 unspecified atom stereocenters. The van der Waals surface area contributed by atoms with Crippen molar-refractivity contribution in [3.05, 3.63) is 46.2 Å². The third-order valence-corrected chi connectivity index (χ3v) is 2.70. The summed E-state index contributed by atoms with van der Waals surface area (Å²) >= 11 is 0. The average molecular weight is 259 g/mol. The average Bonchev–Trinajstić information content (AvgIpc) is 2.34. The van der Waals surface area contributed by atoms with Crippen LogP contribution in [0, 0.1) is 0 Å². The molecule has 2 aromatic rings. The van der Waals surface area contributed by atoms with Crippen LogP contribution in [0.5, 0.6) is 0 Å². The van der Waals surface area contributed by atoms with Crippen LogP contribution in [-0.4, -0.2) is 23.0 Å². The second-order valence-corrected chi connectivity index (χ2v) is 5.26. The Morgan fingerprint density at radius 1 is 1.37 bits per heavy atom. The normalized spacial score (nSPS) is 11.5. The Labute approximate surface area is 110 Å². The van der Waals surface area contributed by atoms with E-state index >= 15 is 0 Å². The number of fused-ring (bicyclic) bond motifs is 1. The summed E-state index contributed by atoms with van der Waals surface area (Å²) in [6, 6.07) is 8.50. The van der Waals surface area contributed by atoms with Gasteiger partial charge in [0.2, 0.25) is 5.56 Å². The SMILES string of the molecule is CC(C)(N)CNC(=O)c1cc(=O)[nH]c2ccccc12. The second-order valence-electron chi connectivity index (χ2n) is 5.26. The zero-order valence-corrected chi connectivity index (χ0v) is 11.0. The molecule has 0 saturated carbocycles. The molecule has 0 radical (unpaired) electrons. The molecule has 5 nitrogen and oxygen atoms in total. The van der Waals surface area contributed by atoms with Crippen LogP contribution in [0.1, 0.15) is 24.2 Å². The van der Waals surface area contributed by atoms with Gasteiger partial charge < -0.3 is 16.0 Å². The number of rotatable bonds is 3. The highest BCUT2D eigenvalue weighted by Crippen LogP contribution is 2.14. The van der Waals surface area contributed by atoms with Crippen molar-refractivity contribution in [3.63, 3.8) is 0 Å². The first-order chi connectivity index (χ1) is 8.87. The van der Waals surface area contributed by atoms with Gasteiger partial charge in [0.05, 0.1) is 5.56 Å². The van der Waals surface area contributed by atoms with Gasteiger partial charge in [0.25, 0.3) is 5.91 Å². The fraction of sp³-hybridized carbons (Fsp3) is 0.286. The first kappa shape index (κ1) is 13.3. The number of carbonyl (C=O) groups is 1. The molecule has 2 rings (SSSR count). The fourth-order valence-electron chi connectivity index (χ4n) is 1.80. The summed E-state index contributed by atoms with van der Waals surface area (Å²) in [5, 5.41) is 3.46. The Morgan fingerprint density at radius 2 is 2.05 bits per heavy atom. The Balaban J connectivity index is 2.39. The molecule has 0 fully saturated rings. The quantitative estimate of drug-likeness (QED) is 0.768. The summed E-state index contributed by atoms with van der Waals surface area (Å²) in [5.74, 6) is -0.291. The Morgan fingerprint density at radius 3 is 2.74 bits per heavy atom. The van der Waals surface area contributed by atoms with Crippen molar-refractivity contribution in [2.45, 2.75) is 19.4 Å². The number of amides is 1. The molecule has 19 heavy (non-hydrogen) atoms. The first-order valence-electron chi connectivity index (χ1n) is 6.06. The summed E-state index contributed by atoms with van der Waals surface area (Å²) in [5.41, 5.74) is 6.04. The predicted molar refractivity (Wildman–Crippen MR) is 75.2 cm³/mol. The Hall–Kier alpha value is -2.14. The lowest BCUT2D eigenvalue weighted by molar-refractivity contribution is 0.0947. The molecule has 0 aliphatic heterocycles. The predicted octanol–water partition coefficient (Wildman–Crippen LogP) is 0.995. The molecule has 100 valence electrons. The van der Waals surface area contributed by atoms with Gasteiger partial charge in [-0.05, 0) is 19.9 Å². The van der Waals surface area contributed by atoms with Crippen LogP contribution in [0.3, 0.4) is 0 Å². The van der Waals surface area contributed by atoms with Gasteiger partial charge in [-0.3, -0.25) is 9.59 Å². The van der Waals surface area contributed by atoms with Crippen molar-refractivity contribution in [3.8, 4) is 0 Å². The highest BCUT2D eigenvalue weighted by molar-refractivity contribution is 6.05. The minimum atomic E-state index is -0.493. The molecular formula is C14H17N3O2. The van der Waals surface area contributed by atoms with Crippen LogP contribution in [0.15, 0.2) is 35.1 Å². The molecule has 0 saturated heterocycles. The lowest BCUT2D eigenvalue weighted by atomic mass is 10.1. The number of benzene rings is 1. The smallest absolute Gasteiger partial charge is 0.252 e. The molecule has 0 aliphatic rings. The fourth-order valence-corrected chi connectivity index (χ4v) is 1.80. The molecular weight excluding hydrogens is 242 g/mol. The van der Waals surface area contributed by atoms with Gasteiger partial charge in [-0.15, -0.1) is 0 Å². The summed E-state index contributed by atoms with van der Waals surface area (Å²) in [4.78, 5) is 26.4. The van der Waals surface area contributed by atoms with Crippen LogP contribution in [0.4, 0.5) is 0 Å². The maximum atomic E-state index is 12.1. The van der Waals surface area contributed by atoms with E-state index < -0.39 is 5.54 Å². The van der Waals surface area contributed by atoms with E-state index in [1.807, 2.05) is 26.0 Å². The number of aromatic nitrogens is 1. The second kappa shape index (κ2) is 4.85. The van der Waals surface area contributed by atoms with Crippen molar-refractivity contribution in [2.24, 2.45) is 5.73 Å². The van der Waals surface area contributed by atoms with Gasteiger partial charge in [-0.1, -0.05) is 18.2 Å². The molecule has 4 N–H and O–H groups in total. The topological polar surface area (TPSA) is 88.0 Å². The number of hydrogen-bond acceptors (Lipinski definition) is 3. The van der Waals surface area contributed by atoms with Crippen LogP contribution < -0.4 is 16.6 Å². The largest absolute Gasteiger partial charge is 0.350 e. The van der Waals surface area contributed by atoms with E-state index in [-0.39, 0.29) is 11.5 Å². The summed E-state index contributed by atoms with van der Waals surface area (Å²) < 4.78 is 0. The molecule has 1 heterocycles.